The predicted molar refractivity (Wildman–Crippen MR) is 96.8 cm³/mol. The maximum Gasteiger partial charge on any atom is 0.251 e. The molecule has 5 nitrogen and oxygen atoms in total. The van der Waals surface area contributed by atoms with Crippen LogP contribution in [0.15, 0.2) is 54.6 Å². The van der Waals surface area contributed by atoms with Gasteiger partial charge >= 0.3 is 0 Å². The van der Waals surface area contributed by atoms with Crippen LogP contribution in [0.25, 0.3) is 0 Å². The fourth-order valence-corrected chi connectivity index (χ4v) is 2.69. The van der Waals surface area contributed by atoms with E-state index in [4.69, 9.17) is 9.47 Å². The van der Waals surface area contributed by atoms with Crippen molar-refractivity contribution in [3.63, 3.8) is 0 Å². The molecule has 1 heterocycles. The second kappa shape index (κ2) is 9.20. The molecule has 1 aliphatic rings. The van der Waals surface area contributed by atoms with E-state index in [1.807, 2.05) is 54.6 Å². The molecule has 5 heteroatoms. The van der Waals surface area contributed by atoms with Crippen molar-refractivity contribution in [2.45, 2.75) is 6.61 Å². The molecule has 0 aromatic heterocycles. The summed E-state index contributed by atoms with van der Waals surface area (Å²) < 4.78 is 11.0. The summed E-state index contributed by atoms with van der Waals surface area (Å²) in [4.78, 5) is 14.5. The number of ether oxygens (including phenoxy) is 2. The summed E-state index contributed by atoms with van der Waals surface area (Å²) in [5.41, 5.74) is 1.71. The second-order valence-corrected chi connectivity index (χ2v) is 6.01. The molecular formula is C20H24N2O3. The summed E-state index contributed by atoms with van der Waals surface area (Å²) in [6.07, 6.45) is 0. The standard InChI is InChI=1S/C20H24N2O3/c23-20(21-10-11-22-12-14-24-15-13-22)18-8-6-17(7-9-18)16-25-19-4-2-1-3-5-19/h1-9H,10-16H2,(H,21,23). The largest absolute Gasteiger partial charge is 0.489 e. The molecule has 0 bridgehead atoms. The number of carbonyl (C=O) groups excluding carboxylic acids is 1. The van der Waals surface area contributed by atoms with Gasteiger partial charge in [0.25, 0.3) is 5.91 Å². The number of carbonyl (C=O) groups is 1. The van der Waals surface area contributed by atoms with E-state index >= 15 is 0 Å². The fraction of sp³-hybridized carbons (Fsp3) is 0.350. The first-order valence-electron chi connectivity index (χ1n) is 8.66. The van der Waals surface area contributed by atoms with Crippen LogP contribution in [-0.2, 0) is 11.3 Å². The number of amides is 1. The number of morpholine rings is 1. The zero-order valence-electron chi connectivity index (χ0n) is 14.3. The highest BCUT2D eigenvalue weighted by molar-refractivity contribution is 5.94. The van der Waals surface area contributed by atoms with Gasteiger partial charge in [0.2, 0.25) is 0 Å². The van der Waals surface area contributed by atoms with Crippen molar-refractivity contribution in [1.29, 1.82) is 0 Å². The van der Waals surface area contributed by atoms with Crippen molar-refractivity contribution < 1.29 is 14.3 Å². The summed E-state index contributed by atoms with van der Waals surface area (Å²) in [7, 11) is 0. The number of nitrogens with zero attached hydrogens (tertiary/aromatic N) is 1. The number of nitrogens with one attached hydrogen (secondary N) is 1. The summed E-state index contributed by atoms with van der Waals surface area (Å²) in [5.74, 6) is 0.802. The molecule has 132 valence electrons. The number of para-hydroxylation sites is 1. The first-order chi connectivity index (χ1) is 12.3. The third-order valence-corrected chi connectivity index (χ3v) is 4.18. The molecule has 0 saturated carbocycles. The zero-order chi connectivity index (χ0) is 17.3. The number of hydrogen-bond donors (Lipinski definition) is 1. The van der Waals surface area contributed by atoms with Gasteiger partial charge < -0.3 is 14.8 Å². The zero-order valence-corrected chi connectivity index (χ0v) is 14.3. The highest BCUT2D eigenvalue weighted by atomic mass is 16.5. The third-order valence-electron chi connectivity index (χ3n) is 4.18. The van der Waals surface area contributed by atoms with Crippen molar-refractivity contribution >= 4 is 5.91 Å². The van der Waals surface area contributed by atoms with Crippen molar-refractivity contribution in [3.05, 3.63) is 65.7 Å². The molecule has 1 amide bonds. The smallest absolute Gasteiger partial charge is 0.251 e. The molecule has 3 rings (SSSR count). The molecule has 0 unspecified atom stereocenters. The van der Waals surface area contributed by atoms with E-state index < -0.39 is 0 Å². The molecule has 2 aromatic rings. The maximum absolute atomic E-state index is 12.2. The van der Waals surface area contributed by atoms with Crippen molar-refractivity contribution in [1.82, 2.24) is 10.2 Å². The van der Waals surface area contributed by atoms with Crippen LogP contribution < -0.4 is 10.1 Å². The Kier molecular flexibility index (Phi) is 6.42. The summed E-state index contributed by atoms with van der Waals surface area (Å²) >= 11 is 0. The Morgan fingerprint density at radius 2 is 1.76 bits per heavy atom. The van der Waals surface area contributed by atoms with Crippen LogP contribution in [0, 0.1) is 0 Å². The van der Waals surface area contributed by atoms with E-state index in [1.165, 1.54) is 0 Å². The van der Waals surface area contributed by atoms with E-state index in [0.717, 1.165) is 44.2 Å². The van der Waals surface area contributed by atoms with Gasteiger partial charge in [-0.25, -0.2) is 0 Å². The minimum atomic E-state index is -0.0382. The van der Waals surface area contributed by atoms with Crippen LogP contribution in [0.2, 0.25) is 0 Å². The van der Waals surface area contributed by atoms with E-state index in [0.29, 0.717) is 18.7 Å². The molecule has 2 aromatic carbocycles. The van der Waals surface area contributed by atoms with Crippen LogP contribution in [0.3, 0.4) is 0 Å². The van der Waals surface area contributed by atoms with Crippen LogP contribution in [0.4, 0.5) is 0 Å². The second-order valence-electron chi connectivity index (χ2n) is 6.01. The SMILES string of the molecule is O=C(NCCN1CCOCC1)c1ccc(COc2ccccc2)cc1. The molecule has 1 saturated heterocycles. The van der Waals surface area contributed by atoms with E-state index in [2.05, 4.69) is 10.2 Å². The van der Waals surface area contributed by atoms with E-state index in [-0.39, 0.29) is 5.91 Å². The van der Waals surface area contributed by atoms with Crippen LogP contribution in [0.5, 0.6) is 5.75 Å². The van der Waals surface area contributed by atoms with E-state index in [9.17, 15) is 4.79 Å². The molecular weight excluding hydrogens is 316 g/mol. The number of rotatable bonds is 7. The summed E-state index contributed by atoms with van der Waals surface area (Å²) in [6, 6.07) is 17.2. The molecule has 1 aliphatic heterocycles. The van der Waals surface area contributed by atoms with Crippen LogP contribution >= 0.6 is 0 Å². The summed E-state index contributed by atoms with van der Waals surface area (Å²) in [6.45, 7) is 5.43. The normalized spacial score (nSPS) is 14.9. The molecule has 0 atom stereocenters. The van der Waals surface area contributed by atoms with Crippen LogP contribution in [0.1, 0.15) is 15.9 Å². The van der Waals surface area contributed by atoms with Gasteiger partial charge in [0.05, 0.1) is 13.2 Å². The molecule has 1 fully saturated rings. The molecule has 0 aliphatic carbocycles. The lowest BCUT2D eigenvalue weighted by Crippen LogP contribution is -2.41. The number of hydrogen-bond acceptors (Lipinski definition) is 4. The topological polar surface area (TPSA) is 50.8 Å². The highest BCUT2D eigenvalue weighted by Gasteiger charge is 2.11. The van der Waals surface area contributed by atoms with Crippen molar-refractivity contribution in [2.24, 2.45) is 0 Å². The average molecular weight is 340 g/mol. The monoisotopic (exact) mass is 340 g/mol. The fourth-order valence-electron chi connectivity index (χ4n) is 2.69. The minimum Gasteiger partial charge on any atom is -0.489 e. The Morgan fingerprint density at radius 1 is 1.04 bits per heavy atom. The van der Waals surface area contributed by atoms with Gasteiger partial charge in [-0.05, 0) is 29.8 Å². The molecule has 0 spiro atoms. The van der Waals surface area contributed by atoms with Gasteiger partial charge in [-0.2, -0.15) is 0 Å². The minimum absolute atomic E-state index is 0.0382. The third kappa shape index (κ3) is 5.59. The first-order valence-corrected chi connectivity index (χ1v) is 8.66. The van der Waals surface area contributed by atoms with Gasteiger partial charge in [-0.3, -0.25) is 9.69 Å². The lowest BCUT2D eigenvalue weighted by atomic mass is 10.1. The van der Waals surface area contributed by atoms with Crippen LogP contribution in [-0.4, -0.2) is 50.2 Å². The first kappa shape index (κ1) is 17.5. The van der Waals surface area contributed by atoms with Gasteiger partial charge in [-0.15, -0.1) is 0 Å². The quantitative estimate of drug-likeness (QED) is 0.840. The molecule has 1 N–H and O–H groups in total. The Labute approximate surface area is 148 Å². The van der Waals surface area contributed by atoms with E-state index in [1.54, 1.807) is 0 Å². The van der Waals surface area contributed by atoms with Crippen molar-refractivity contribution in [2.75, 3.05) is 39.4 Å². The Morgan fingerprint density at radius 3 is 2.48 bits per heavy atom. The van der Waals surface area contributed by atoms with Crippen molar-refractivity contribution in [3.8, 4) is 5.75 Å². The van der Waals surface area contributed by atoms with Gasteiger partial charge in [0.1, 0.15) is 12.4 Å². The summed E-state index contributed by atoms with van der Waals surface area (Å²) in [5, 5.41) is 2.97. The highest BCUT2D eigenvalue weighted by Crippen LogP contribution is 2.12. The predicted octanol–water partition coefficient (Wildman–Crippen LogP) is 2.33. The Balaban J connectivity index is 1.42. The van der Waals surface area contributed by atoms with Gasteiger partial charge in [0, 0.05) is 31.7 Å². The lowest BCUT2D eigenvalue weighted by molar-refractivity contribution is 0.0383. The molecule has 0 radical (unpaired) electrons. The van der Waals surface area contributed by atoms with Gasteiger partial charge in [0.15, 0.2) is 0 Å². The lowest BCUT2D eigenvalue weighted by Gasteiger charge is -2.26. The molecule has 25 heavy (non-hydrogen) atoms. The maximum atomic E-state index is 12.2. The average Bonchev–Trinajstić information content (AvgIpc) is 2.68. The Bertz CT molecular complexity index is 652. The Hall–Kier alpha value is -2.37. The van der Waals surface area contributed by atoms with Gasteiger partial charge in [-0.1, -0.05) is 30.3 Å². The number of benzene rings is 2.